The maximum atomic E-state index is 12.4. The Labute approximate surface area is 150 Å². The second-order valence-corrected chi connectivity index (χ2v) is 7.10. The molecule has 0 amide bonds. The third-order valence-corrected chi connectivity index (χ3v) is 3.93. The summed E-state index contributed by atoms with van der Waals surface area (Å²) in [6.07, 6.45) is 6.80. The van der Waals surface area contributed by atoms with E-state index in [2.05, 4.69) is 19.9 Å². The average Bonchev–Trinajstić information content (AvgIpc) is 2.98. The Morgan fingerprint density at radius 1 is 1.08 bits per heavy atom. The minimum atomic E-state index is -0.552. The molecule has 4 rings (SSSR count). The molecule has 0 unspecified atom stereocenters. The molecule has 0 fully saturated rings. The molecule has 0 atom stereocenters. The largest absolute Gasteiger partial charge is 0.456 e. The van der Waals surface area contributed by atoms with Crippen molar-refractivity contribution in [3.8, 4) is 11.3 Å². The first-order valence-corrected chi connectivity index (χ1v) is 8.32. The van der Waals surface area contributed by atoms with Crippen LogP contribution >= 0.6 is 0 Å². The Morgan fingerprint density at radius 3 is 2.65 bits per heavy atom. The molecule has 0 aliphatic heterocycles. The first kappa shape index (κ1) is 16.2. The van der Waals surface area contributed by atoms with Gasteiger partial charge >= 0.3 is 5.97 Å². The van der Waals surface area contributed by atoms with Crippen molar-refractivity contribution in [1.82, 2.24) is 19.9 Å². The second-order valence-electron chi connectivity index (χ2n) is 7.10. The number of rotatable bonds is 2. The Balaban J connectivity index is 1.83. The highest BCUT2D eigenvalue weighted by atomic mass is 16.6. The van der Waals surface area contributed by atoms with Crippen LogP contribution < -0.4 is 0 Å². The monoisotopic (exact) mass is 346 g/mol. The van der Waals surface area contributed by atoms with Gasteiger partial charge in [-0.05, 0) is 45.0 Å². The van der Waals surface area contributed by atoms with Crippen LogP contribution in [0, 0.1) is 0 Å². The molecule has 0 aliphatic rings. The van der Waals surface area contributed by atoms with Crippen LogP contribution in [0.3, 0.4) is 0 Å². The molecule has 6 heteroatoms. The Bertz CT molecular complexity index is 1110. The maximum absolute atomic E-state index is 12.4. The zero-order chi connectivity index (χ0) is 18.3. The fourth-order valence-corrected chi connectivity index (χ4v) is 2.80. The molecular formula is C20H18N4O2. The van der Waals surface area contributed by atoms with Crippen molar-refractivity contribution in [2.24, 2.45) is 0 Å². The Kier molecular flexibility index (Phi) is 3.68. The zero-order valence-corrected chi connectivity index (χ0v) is 14.8. The summed E-state index contributed by atoms with van der Waals surface area (Å²) in [5.41, 5.74) is 3.19. The van der Waals surface area contributed by atoms with Gasteiger partial charge in [0.05, 0.1) is 23.0 Å². The number of fused-ring (bicyclic) bond motifs is 3. The van der Waals surface area contributed by atoms with E-state index in [0.717, 1.165) is 27.5 Å². The van der Waals surface area contributed by atoms with Gasteiger partial charge in [-0.25, -0.2) is 9.78 Å². The molecule has 0 spiro atoms. The molecular weight excluding hydrogens is 328 g/mol. The predicted molar refractivity (Wildman–Crippen MR) is 99.8 cm³/mol. The molecule has 0 saturated carbocycles. The fourth-order valence-electron chi connectivity index (χ4n) is 2.80. The quantitative estimate of drug-likeness (QED) is 0.552. The lowest BCUT2D eigenvalue weighted by Gasteiger charge is -2.19. The summed E-state index contributed by atoms with van der Waals surface area (Å²) in [5.74, 6) is -0.386. The second kappa shape index (κ2) is 5.91. The minimum Gasteiger partial charge on any atom is -0.456 e. The Hall–Kier alpha value is -3.28. The van der Waals surface area contributed by atoms with E-state index in [9.17, 15) is 4.79 Å². The van der Waals surface area contributed by atoms with Crippen LogP contribution in [0.2, 0.25) is 0 Å². The van der Waals surface area contributed by atoms with Crippen molar-refractivity contribution >= 4 is 27.9 Å². The van der Waals surface area contributed by atoms with Gasteiger partial charge in [0.1, 0.15) is 11.2 Å². The van der Waals surface area contributed by atoms with Crippen LogP contribution in [0.15, 0.2) is 49.1 Å². The van der Waals surface area contributed by atoms with Gasteiger partial charge in [0.2, 0.25) is 0 Å². The molecule has 1 N–H and O–H groups in total. The molecule has 0 radical (unpaired) electrons. The maximum Gasteiger partial charge on any atom is 0.340 e. The molecule has 0 bridgehead atoms. The van der Waals surface area contributed by atoms with Crippen molar-refractivity contribution in [3.05, 3.63) is 54.6 Å². The molecule has 0 aromatic carbocycles. The van der Waals surface area contributed by atoms with Crippen molar-refractivity contribution in [3.63, 3.8) is 0 Å². The van der Waals surface area contributed by atoms with Gasteiger partial charge in [0.25, 0.3) is 0 Å². The van der Waals surface area contributed by atoms with E-state index in [-0.39, 0.29) is 5.97 Å². The summed E-state index contributed by atoms with van der Waals surface area (Å²) in [4.78, 5) is 28.6. The van der Waals surface area contributed by atoms with E-state index in [0.29, 0.717) is 11.2 Å². The fraction of sp³-hybridized carbons (Fsp3) is 0.200. The SMILES string of the molecule is CC(C)(C)OC(=O)c1cnc2[nH]c3cnc(-c4cccnc4)cc3c2c1. The lowest BCUT2D eigenvalue weighted by atomic mass is 10.1. The third kappa shape index (κ3) is 3.01. The van der Waals surface area contributed by atoms with E-state index in [1.54, 1.807) is 18.6 Å². The number of pyridine rings is 3. The molecule has 6 nitrogen and oxygen atoms in total. The number of nitrogens with zero attached hydrogens (tertiary/aromatic N) is 3. The number of carbonyl (C=O) groups is 1. The molecule has 26 heavy (non-hydrogen) atoms. The highest BCUT2D eigenvalue weighted by Crippen LogP contribution is 2.28. The zero-order valence-electron chi connectivity index (χ0n) is 14.8. The first-order valence-electron chi connectivity index (χ1n) is 8.32. The van der Waals surface area contributed by atoms with E-state index in [1.165, 1.54) is 6.20 Å². The van der Waals surface area contributed by atoms with E-state index >= 15 is 0 Å². The van der Waals surface area contributed by atoms with Gasteiger partial charge in [0.15, 0.2) is 0 Å². The molecule has 0 aliphatic carbocycles. The Morgan fingerprint density at radius 2 is 1.92 bits per heavy atom. The summed E-state index contributed by atoms with van der Waals surface area (Å²) in [6, 6.07) is 7.62. The van der Waals surface area contributed by atoms with Crippen molar-refractivity contribution < 1.29 is 9.53 Å². The summed E-state index contributed by atoms with van der Waals surface area (Å²) in [6.45, 7) is 5.52. The number of H-pyrrole nitrogens is 1. The molecule has 4 aromatic rings. The standard InChI is InChI=1S/C20H18N4O2/c1-20(2,3)26-19(25)13-7-15-14-8-16(12-5-4-6-21-9-12)22-11-17(14)24-18(15)23-10-13/h4-11H,1-3H3,(H,23,24). The van der Waals surface area contributed by atoms with Crippen molar-refractivity contribution in [1.29, 1.82) is 0 Å². The first-order chi connectivity index (χ1) is 12.4. The van der Waals surface area contributed by atoms with Crippen LogP contribution in [-0.4, -0.2) is 31.5 Å². The number of ether oxygens (including phenoxy) is 1. The summed E-state index contributed by atoms with van der Waals surface area (Å²) in [7, 11) is 0. The van der Waals surface area contributed by atoms with Gasteiger partial charge < -0.3 is 9.72 Å². The van der Waals surface area contributed by atoms with E-state index in [1.807, 2.05) is 45.0 Å². The number of hydrogen-bond donors (Lipinski definition) is 1. The predicted octanol–water partition coefficient (Wildman–Crippen LogP) is 4.13. The number of aromatic nitrogens is 4. The van der Waals surface area contributed by atoms with E-state index < -0.39 is 5.60 Å². The number of carbonyl (C=O) groups excluding carboxylic acids is 1. The summed E-state index contributed by atoms with van der Waals surface area (Å²) >= 11 is 0. The third-order valence-electron chi connectivity index (χ3n) is 3.93. The van der Waals surface area contributed by atoms with Crippen LogP contribution in [0.5, 0.6) is 0 Å². The van der Waals surface area contributed by atoms with Gasteiger partial charge in [0, 0.05) is 34.9 Å². The average molecular weight is 346 g/mol. The minimum absolute atomic E-state index is 0.386. The van der Waals surface area contributed by atoms with Gasteiger partial charge in [-0.15, -0.1) is 0 Å². The summed E-state index contributed by atoms with van der Waals surface area (Å²) in [5, 5.41) is 1.81. The number of aromatic amines is 1. The van der Waals surface area contributed by atoms with Gasteiger partial charge in [-0.3, -0.25) is 9.97 Å². The number of esters is 1. The number of nitrogens with one attached hydrogen (secondary N) is 1. The highest BCUT2D eigenvalue weighted by molar-refractivity contribution is 6.08. The van der Waals surface area contributed by atoms with Crippen molar-refractivity contribution in [2.75, 3.05) is 0 Å². The highest BCUT2D eigenvalue weighted by Gasteiger charge is 2.19. The molecule has 130 valence electrons. The van der Waals surface area contributed by atoms with Gasteiger partial charge in [-0.1, -0.05) is 0 Å². The number of hydrogen-bond acceptors (Lipinski definition) is 5. The van der Waals surface area contributed by atoms with E-state index in [4.69, 9.17) is 4.74 Å². The lowest BCUT2D eigenvalue weighted by Crippen LogP contribution is -2.23. The topological polar surface area (TPSA) is 80.8 Å². The smallest absolute Gasteiger partial charge is 0.340 e. The molecule has 0 saturated heterocycles. The molecule has 4 heterocycles. The van der Waals surface area contributed by atoms with Crippen LogP contribution in [0.4, 0.5) is 0 Å². The van der Waals surface area contributed by atoms with Gasteiger partial charge in [-0.2, -0.15) is 0 Å². The van der Waals surface area contributed by atoms with Crippen LogP contribution in [0.25, 0.3) is 33.2 Å². The van der Waals surface area contributed by atoms with Crippen LogP contribution in [-0.2, 0) is 4.74 Å². The summed E-state index contributed by atoms with van der Waals surface area (Å²) < 4.78 is 5.44. The van der Waals surface area contributed by atoms with Crippen LogP contribution in [0.1, 0.15) is 31.1 Å². The normalized spacial score (nSPS) is 11.8. The lowest BCUT2D eigenvalue weighted by molar-refractivity contribution is 0.00693. The van der Waals surface area contributed by atoms with Crippen molar-refractivity contribution in [2.45, 2.75) is 26.4 Å². The molecule has 4 aromatic heterocycles.